The van der Waals surface area contributed by atoms with Gasteiger partial charge >= 0.3 is 12.2 Å². The molecule has 0 bridgehead atoms. The van der Waals surface area contributed by atoms with Crippen molar-refractivity contribution in [2.45, 2.75) is 91.8 Å². The number of ether oxygens (including phenoxy) is 4. The molecule has 0 fully saturated rings. The molecule has 31 heavy (non-hydrogen) atoms. The lowest BCUT2D eigenvalue weighted by Crippen LogP contribution is -2.47. The molecule has 0 spiro atoms. The molecule has 0 saturated carbocycles. The van der Waals surface area contributed by atoms with Crippen molar-refractivity contribution in [2.24, 2.45) is 10.7 Å². The third-order valence-electron chi connectivity index (χ3n) is 3.22. The second-order valence-electron chi connectivity index (χ2n) is 8.57. The predicted octanol–water partition coefficient (Wildman–Crippen LogP) is 3.32. The molecule has 0 heterocycles. The molecule has 4 N–H and O–H groups in total. The van der Waals surface area contributed by atoms with Crippen LogP contribution in [-0.2, 0) is 18.9 Å². The number of guanidine groups is 1. The fourth-order valence-electron chi connectivity index (χ4n) is 2.19. The number of amides is 2. The molecule has 11 heteroatoms. The predicted molar refractivity (Wildman–Crippen MR) is 123 cm³/mol. The summed E-state index contributed by atoms with van der Waals surface area (Å²) < 4.78 is 21.4. The summed E-state index contributed by atoms with van der Waals surface area (Å²) in [7, 11) is 0. The second kappa shape index (κ2) is 15.2. The number of rotatable bonds is 9. The standard InChI is InChI=1S/C20H40N4O6.ClH/c1-9-27-15(28-10-2)14(21)12-11-13-22-16(23-17(25)29-19(3,4)5)24-18(26)30-20(6,7)8;/h14-15H,9-13,21H2,1-8H3,(H2,22,23,24,25,26);1H/t14-;/m0./s1. The molecule has 0 radical (unpaired) electrons. The smallest absolute Gasteiger partial charge is 0.414 e. The average molecular weight is 469 g/mol. The lowest BCUT2D eigenvalue weighted by molar-refractivity contribution is -0.149. The van der Waals surface area contributed by atoms with Crippen LogP contribution < -0.4 is 16.4 Å². The quantitative estimate of drug-likeness (QED) is 0.204. The third-order valence-corrected chi connectivity index (χ3v) is 3.22. The highest BCUT2D eigenvalue weighted by Crippen LogP contribution is 2.09. The summed E-state index contributed by atoms with van der Waals surface area (Å²) in [5.74, 6) is -0.0572. The number of hydrogen-bond acceptors (Lipinski definition) is 8. The van der Waals surface area contributed by atoms with Crippen LogP contribution in [0.2, 0.25) is 0 Å². The molecule has 2 amide bonds. The van der Waals surface area contributed by atoms with Gasteiger partial charge in [-0.25, -0.2) is 9.59 Å². The van der Waals surface area contributed by atoms with Crippen LogP contribution in [-0.4, -0.2) is 61.4 Å². The maximum Gasteiger partial charge on any atom is 0.414 e. The summed E-state index contributed by atoms with van der Waals surface area (Å²) >= 11 is 0. The van der Waals surface area contributed by atoms with Gasteiger partial charge in [0.25, 0.3) is 0 Å². The van der Waals surface area contributed by atoms with Crippen molar-refractivity contribution in [1.82, 2.24) is 10.6 Å². The van der Waals surface area contributed by atoms with Crippen LogP contribution in [0, 0.1) is 0 Å². The van der Waals surface area contributed by atoms with Gasteiger partial charge in [0.1, 0.15) is 11.2 Å². The summed E-state index contributed by atoms with van der Waals surface area (Å²) in [4.78, 5) is 28.3. The zero-order valence-electron chi connectivity index (χ0n) is 20.1. The van der Waals surface area contributed by atoms with E-state index in [4.69, 9.17) is 24.7 Å². The molecule has 1 atom stereocenters. The number of carbonyl (C=O) groups excluding carboxylic acids is 2. The van der Waals surface area contributed by atoms with Crippen LogP contribution in [0.15, 0.2) is 4.99 Å². The van der Waals surface area contributed by atoms with Crippen molar-refractivity contribution in [3.05, 3.63) is 0 Å². The summed E-state index contributed by atoms with van der Waals surface area (Å²) in [5, 5.41) is 4.88. The Kier molecular flexibility index (Phi) is 15.5. The Morgan fingerprint density at radius 2 is 1.32 bits per heavy atom. The van der Waals surface area contributed by atoms with E-state index in [0.717, 1.165) is 0 Å². The van der Waals surface area contributed by atoms with Crippen molar-refractivity contribution in [3.63, 3.8) is 0 Å². The van der Waals surface area contributed by atoms with Gasteiger partial charge in [0.2, 0.25) is 5.96 Å². The molecule has 0 rings (SSSR count). The summed E-state index contributed by atoms with van der Waals surface area (Å²) in [6.07, 6.45) is -0.778. The van der Waals surface area contributed by atoms with Crippen molar-refractivity contribution in [3.8, 4) is 0 Å². The summed E-state index contributed by atoms with van der Waals surface area (Å²) in [6, 6.07) is -0.318. The normalized spacial score (nSPS) is 12.5. The van der Waals surface area contributed by atoms with Crippen LogP contribution >= 0.6 is 12.4 Å². The zero-order chi connectivity index (χ0) is 23.4. The SMILES string of the molecule is CCOC(OCC)[C@@H](N)CCCN=C(NC(=O)OC(C)(C)C)NC(=O)OC(C)(C)C.Cl. The van der Waals surface area contributed by atoms with Crippen LogP contribution in [0.3, 0.4) is 0 Å². The van der Waals surface area contributed by atoms with Gasteiger partial charge in [0.15, 0.2) is 6.29 Å². The molecule has 10 nitrogen and oxygen atoms in total. The molecule has 0 unspecified atom stereocenters. The number of nitrogens with one attached hydrogen (secondary N) is 2. The fourth-order valence-corrected chi connectivity index (χ4v) is 2.19. The largest absolute Gasteiger partial charge is 0.444 e. The van der Waals surface area contributed by atoms with Gasteiger partial charge in [-0.05, 0) is 68.2 Å². The first-order valence-electron chi connectivity index (χ1n) is 10.3. The molecular formula is C20H41ClN4O6. The van der Waals surface area contributed by atoms with E-state index < -0.39 is 29.7 Å². The number of nitrogens with zero attached hydrogens (tertiary/aromatic N) is 1. The monoisotopic (exact) mass is 468 g/mol. The van der Waals surface area contributed by atoms with E-state index in [1.54, 1.807) is 41.5 Å². The number of hydrogen-bond donors (Lipinski definition) is 3. The van der Waals surface area contributed by atoms with E-state index in [1.165, 1.54) is 0 Å². The maximum absolute atomic E-state index is 12.1. The van der Waals surface area contributed by atoms with Gasteiger partial charge in [0, 0.05) is 19.8 Å². The van der Waals surface area contributed by atoms with Gasteiger partial charge in [-0.1, -0.05) is 0 Å². The number of nitrogens with two attached hydrogens (primary N) is 1. The lowest BCUT2D eigenvalue weighted by atomic mass is 10.1. The number of carbonyl (C=O) groups is 2. The van der Waals surface area contributed by atoms with Crippen molar-refractivity contribution >= 4 is 30.6 Å². The van der Waals surface area contributed by atoms with Gasteiger partial charge < -0.3 is 24.7 Å². The Hall–Kier alpha value is -1.62. The highest BCUT2D eigenvalue weighted by atomic mass is 35.5. The molecule has 0 saturated heterocycles. The highest BCUT2D eigenvalue weighted by molar-refractivity contribution is 6.01. The van der Waals surface area contributed by atoms with Crippen molar-refractivity contribution in [2.75, 3.05) is 19.8 Å². The first kappa shape index (κ1) is 31.6. The first-order chi connectivity index (χ1) is 13.8. The van der Waals surface area contributed by atoms with E-state index in [1.807, 2.05) is 13.8 Å². The number of alkyl carbamates (subject to hydrolysis) is 2. The molecule has 0 aromatic carbocycles. The van der Waals surface area contributed by atoms with Gasteiger partial charge in [-0.3, -0.25) is 15.6 Å². The molecule has 184 valence electrons. The third kappa shape index (κ3) is 17.7. The van der Waals surface area contributed by atoms with Crippen LogP contribution in [0.5, 0.6) is 0 Å². The maximum atomic E-state index is 12.1. The molecule has 0 aromatic rings. The Labute approximate surface area is 192 Å². The molecule has 0 aromatic heterocycles. The van der Waals surface area contributed by atoms with E-state index in [2.05, 4.69) is 15.6 Å². The van der Waals surface area contributed by atoms with E-state index in [0.29, 0.717) is 32.6 Å². The van der Waals surface area contributed by atoms with E-state index in [-0.39, 0.29) is 24.4 Å². The van der Waals surface area contributed by atoms with Gasteiger partial charge in [0.05, 0.1) is 6.04 Å². The Balaban J connectivity index is 0. The van der Waals surface area contributed by atoms with Gasteiger partial charge in [-0.15, -0.1) is 12.4 Å². The number of halogens is 1. The van der Waals surface area contributed by atoms with Crippen molar-refractivity contribution < 1.29 is 28.5 Å². The van der Waals surface area contributed by atoms with E-state index >= 15 is 0 Å². The van der Waals surface area contributed by atoms with Crippen LogP contribution in [0.25, 0.3) is 0 Å². The highest BCUT2D eigenvalue weighted by Gasteiger charge is 2.21. The summed E-state index contributed by atoms with van der Waals surface area (Å²) in [5.41, 5.74) is 4.74. The fraction of sp³-hybridized carbons (Fsp3) is 0.850. The Bertz CT molecular complexity index is 523. The zero-order valence-corrected chi connectivity index (χ0v) is 20.9. The van der Waals surface area contributed by atoms with Crippen LogP contribution in [0.4, 0.5) is 9.59 Å². The summed E-state index contributed by atoms with van der Waals surface area (Å²) in [6.45, 7) is 15.5. The minimum atomic E-state index is -0.734. The average Bonchev–Trinajstić information content (AvgIpc) is 2.54. The topological polar surface area (TPSA) is 134 Å². The Morgan fingerprint density at radius 1 is 0.903 bits per heavy atom. The van der Waals surface area contributed by atoms with Gasteiger partial charge in [-0.2, -0.15) is 0 Å². The number of aliphatic imine (C=N–C) groups is 1. The molecule has 0 aliphatic rings. The first-order valence-corrected chi connectivity index (χ1v) is 10.3. The minimum absolute atomic E-state index is 0. The van der Waals surface area contributed by atoms with Crippen LogP contribution in [0.1, 0.15) is 68.2 Å². The van der Waals surface area contributed by atoms with Crippen molar-refractivity contribution in [1.29, 1.82) is 0 Å². The second-order valence-corrected chi connectivity index (χ2v) is 8.57. The molecular weight excluding hydrogens is 428 g/mol. The molecule has 0 aliphatic carbocycles. The van der Waals surface area contributed by atoms with E-state index in [9.17, 15) is 9.59 Å². The molecule has 0 aliphatic heterocycles. The lowest BCUT2D eigenvalue weighted by Gasteiger charge is -2.23. The Morgan fingerprint density at radius 3 is 1.68 bits per heavy atom. The minimum Gasteiger partial charge on any atom is -0.444 e.